The maximum absolute atomic E-state index is 13.8. The Labute approximate surface area is 150 Å². The monoisotopic (exact) mass is 356 g/mol. The van der Waals surface area contributed by atoms with Gasteiger partial charge in [-0.25, -0.2) is 18.7 Å². The fraction of sp³-hybridized carbons (Fsp3) is 0.158. The van der Waals surface area contributed by atoms with Crippen molar-refractivity contribution in [3.8, 4) is 5.75 Å². The molecule has 134 valence electrons. The number of hydrogen-bond acceptors (Lipinski definition) is 5. The third kappa shape index (κ3) is 4.24. The van der Waals surface area contributed by atoms with Gasteiger partial charge in [-0.2, -0.15) is 0 Å². The van der Waals surface area contributed by atoms with Crippen LogP contribution in [0.15, 0.2) is 48.5 Å². The highest BCUT2D eigenvalue weighted by atomic mass is 19.1. The van der Waals surface area contributed by atoms with Crippen LogP contribution < -0.4 is 15.4 Å². The van der Waals surface area contributed by atoms with Crippen molar-refractivity contribution < 1.29 is 13.5 Å². The Balaban J connectivity index is 1.86. The van der Waals surface area contributed by atoms with Crippen molar-refractivity contribution in [1.29, 1.82) is 0 Å². The van der Waals surface area contributed by atoms with Crippen LogP contribution in [-0.4, -0.2) is 16.6 Å². The maximum atomic E-state index is 13.8. The van der Waals surface area contributed by atoms with E-state index in [1.165, 1.54) is 12.1 Å². The van der Waals surface area contributed by atoms with Crippen molar-refractivity contribution in [2.24, 2.45) is 0 Å². The van der Waals surface area contributed by atoms with Crippen molar-refractivity contribution >= 4 is 23.0 Å². The van der Waals surface area contributed by atoms with Crippen LogP contribution in [0.3, 0.4) is 0 Å². The minimum atomic E-state index is -0.697. The number of rotatable bonds is 6. The van der Waals surface area contributed by atoms with Gasteiger partial charge in [0.2, 0.25) is 0 Å². The van der Waals surface area contributed by atoms with E-state index in [-0.39, 0.29) is 5.69 Å². The summed E-state index contributed by atoms with van der Waals surface area (Å²) in [5.41, 5.74) is 0.886. The number of aryl methyl sites for hydroxylation is 1. The second kappa shape index (κ2) is 7.77. The predicted molar refractivity (Wildman–Crippen MR) is 97.3 cm³/mol. The van der Waals surface area contributed by atoms with E-state index in [0.717, 1.165) is 11.8 Å². The van der Waals surface area contributed by atoms with E-state index in [2.05, 4.69) is 20.6 Å². The van der Waals surface area contributed by atoms with Gasteiger partial charge < -0.3 is 15.4 Å². The summed E-state index contributed by atoms with van der Waals surface area (Å²) in [5.74, 6) is 0.771. The largest absolute Gasteiger partial charge is 0.492 e. The van der Waals surface area contributed by atoms with Crippen LogP contribution in [-0.2, 0) is 0 Å². The Morgan fingerprint density at radius 1 is 0.923 bits per heavy atom. The van der Waals surface area contributed by atoms with Crippen LogP contribution in [0.25, 0.3) is 0 Å². The Bertz CT molecular complexity index is 918. The second-order valence-electron chi connectivity index (χ2n) is 5.49. The fourth-order valence-electron chi connectivity index (χ4n) is 2.41. The van der Waals surface area contributed by atoms with Gasteiger partial charge in [-0.15, -0.1) is 0 Å². The van der Waals surface area contributed by atoms with Crippen molar-refractivity contribution in [2.45, 2.75) is 13.8 Å². The maximum Gasteiger partial charge on any atom is 0.149 e. The minimum absolute atomic E-state index is 0.130. The van der Waals surface area contributed by atoms with Crippen LogP contribution in [0.4, 0.5) is 31.8 Å². The molecule has 0 saturated carbocycles. The van der Waals surface area contributed by atoms with E-state index < -0.39 is 11.6 Å². The van der Waals surface area contributed by atoms with Gasteiger partial charge in [0.25, 0.3) is 0 Å². The molecular weight excluding hydrogens is 338 g/mol. The van der Waals surface area contributed by atoms with Gasteiger partial charge in [-0.3, -0.25) is 0 Å². The fourth-order valence-corrected chi connectivity index (χ4v) is 2.41. The number of para-hydroxylation sites is 2. The zero-order chi connectivity index (χ0) is 18.5. The molecule has 0 fully saturated rings. The normalized spacial score (nSPS) is 10.5. The molecule has 0 amide bonds. The highest BCUT2D eigenvalue weighted by Gasteiger charge is 2.09. The quantitative estimate of drug-likeness (QED) is 0.654. The lowest BCUT2D eigenvalue weighted by Gasteiger charge is -2.13. The summed E-state index contributed by atoms with van der Waals surface area (Å²) in [4.78, 5) is 8.58. The molecule has 7 heteroatoms. The second-order valence-corrected chi connectivity index (χ2v) is 5.49. The molecule has 0 radical (unpaired) electrons. The lowest BCUT2D eigenvalue weighted by molar-refractivity contribution is 0.342. The molecule has 0 unspecified atom stereocenters. The van der Waals surface area contributed by atoms with Crippen LogP contribution >= 0.6 is 0 Å². The topological polar surface area (TPSA) is 59.1 Å². The first kappa shape index (κ1) is 17.6. The number of nitrogens with zero attached hydrogens (tertiary/aromatic N) is 2. The summed E-state index contributed by atoms with van der Waals surface area (Å²) in [6, 6.07) is 12.4. The number of aromatic nitrogens is 2. The van der Waals surface area contributed by atoms with Crippen molar-refractivity contribution in [1.82, 2.24) is 9.97 Å². The molecule has 3 rings (SSSR count). The SMILES string of the molecule is CCOc1ccccc1Nc1cc(Nc2ccc(F)cc2F)nc(C)n1. The summed E-state index contributed by atoms with van der Waals surface area (Å²) >= 11 is 0. The number of anilines is 4. The lowest BCUT2D eigenvalue weighted by atomic mass is 10.3. The van der Waals surface area contributed by atoms with Gasteiger partial charge >= 0.3 is 0 Å². The third-order valence-electron chi connectivity index (χ3n) is 3.48. The molecule has 0 saturated heterocycles. The summed E-state index contributed by atoms with van der Waals surface area (Å²) in [5, 5.41) is 6.02. The van der Waals surface area contributed by atoms with E-state index in [1.54, 1.807) is 13.0 Å². The van der Waals surface area contributed by atoms with Crippen molar-refractivity contribution in [3.05, 3.63) is 66.0 Å². The summed E-state index contributed by atoms with van der Waals surface area (Å²) in [6.45, 7) is 4.18. The molecular formula is C19H18F2N4O. The smallest absolute Gasteiger partial charge is 0.149 e. The highest BCUT2D eigenvalue weighted by Crippen LogP contribution is 2.28. The molecule has 2 aromatic carbocycles. The number of nitrogens with one attached hydrogen (secondary N) is 2. The Kier molecular flexibility index (Phi) is 5.26. The molecule has 2 N–H and O–H groups in total. The van der Waals surface area contributed by atoms with Crippen LogP contribution in [0.1, 0.15) is 12.7 Å². The lowest BCUT2D eigenvalue weighted by Crippen LogP contribution is -2.03. The first-order valence-electron chi connectivity index (χ1n) is 8.12. The van der Waals surface area contributed by atoms with E-state index in [4.69, 9.17) is 4.74 Å². The van der Waals surface area contributed by atoms with E-state index in [1.807, 2.05) is 31.2 Å². The molecule has 3 aromatic rings. The first-order valence-corrected chi connectivity index (χ1v) is 8.12. The van der Waals surface area contributed by atoms with E-state index in [9.17, 15) is 8.78 Å². The van der Waals surface area contributed by atoms with Gasteiger partial charge in [-0.1, -0.05) is 12.1 Å². The average Bonchev–Trinajstić information content (AvgIpc) is 2.59. The van der Waals surface area contributed by atoms with Crippen molar-refractivity contribution in [2.75, 3.05) is 17.2 Å². The molecule has 0 bridgehead atoms. The van der Waals surface area contributed by atoms with Gasteiger partial charge in [-0.05, 0) is 38.1 Å². The summed E-state index contributed by atoms with van der Waals surface area (Å²) < 4.78 is 32.5. The zero-order valence-corrected chi connectivity index (χ0v) is 14.4. The third-order valence-corrected chi connectivity index (χ3v) is 3.48. The van der Waals surface area contributed by atoms with Gasteiger partial charge in [0.05, 0.1) is 18.0 Å². The van der Waals surface area contributed by atoms with E-state index in [0.29, 0.717) is 29.8 Å². The Morgan fingerprint density at radius 2 is 1.62 bits per heavy atom. The predicted octanol–water partition coefficient (Wildman–Crippen LogP) is 4.95. The minimum Gasteiger partial charge on any atom is -0.492 e. The molecule has 0 aliphatic rings. The molecule has 0 aliphatic carbocycles. The van der Waals surface area contributed by atoms with Crippen molar-refractivity contribution in [3.63, 3.8) is 0 Å². The average molecular weight is 356 g/mol. The Morgan fingerprint density at radius 3 is 2.31 bits per heavy atom. The molecule has 5 nitrogen and oxygen atoms in total. The van der Waals surface area contributed by atoms with Crippen LogP contribution in [0.2, 0.25) is 0 Å². The summed E-state index contributed by atoms with van der Waals surface area (Å²) in [7, 11) is 0. The molecule has 26 heavy (non-hydrogen) atoms. The summed E-state index contributed by atoms with van der Waals surface area (Å²) in [6.07, 6.45) is 0. The molecule has 1 aromatic heterocycles. The van der Waals surface area contributed by atoms with Gasteiger partial charge in [0.15, 0.2) is 0 Å². The Hall–Kier alpha value is -3.22. The number of benzene rings is 2. The number of ether oxygens (including phenoxy) is 1. The molecule has 0 spiro atoms. The van der Waals surface area contributed by atoms with Gasteiger partial charge in [0.1, 0.15) is 34.8 Å². The van der Waals surface area contributed by atoms with Crippen LogP contribution in [0, 0.1) is 18.6 Å². The van der Waals surface area contributed by atoms with Gasteiger partial charge in [0, 0.05) is 12.1 Å². The highest BCUT2D eigenvalue weighted by molar-refractivity contribution is 5.67. The number of hydrogen-bond donors (Lipinski definition) is 2. The van der Waals surface area contributed by atoms with Crippen LogP contribution in [0.5, 0.6) is 5.75 Å². The molecule has 1 heterocycles. The standard InChI is InChI=1S/C19H18F2N4O/c1-3-26-17-7-5-4-6-16(17)25-19-11-18(22-12(2)23-19)24-15-9-8-13(20)10-14(15)21/h4-11H,3H2,1-2H3,(H2,22,23,24,25). The van der Waals surface area contributed by atoms with E-state index >= 15 is 0 Å². The first-order chi connectivity index (χ1) is 12.5. The zero-order valence-electron chi connectivity index (χ0n) is 14.4. The number of halogens is 2. The molecule has 0 atom stereocenters. The molecule has 0 aliphatic heterocycles.